The minimum absolute atomic E-state index is 0.00127. The first kappa shape index (κ1) is 17.4. The summed E-state index contributed by atoms with van der Waals surface area (Å²) >= 11 is 0. The third-order valence-electron chi connectivity index (χ3n) is 3.32. The summed E-state index contributed by atoms with van der Waals surface area (Å²) in [6.07, 6.45) is 0. The molecule has 1 fully saturated rings. The monoisotopic (exact) mass is 334 g/mol. The standard InChI is InChI=1S/C15H18N4O5/c1-2-24-14(22)12(16)13(21)18-10-5-3-9(4-6-10)8-19-11(20)7-17-15(19)23/h3-6,12H,2,7-8,16H2,1H3,(H,17,23)(H,18,21). The molecule has 0 bridgehead atoms. The summed E-state index contributed by atoms with van der Waals surface area (Å²) in [5.74, 6) is -1.78. The van der Waals surface area contributed by atoms with Gasteiger partial charge in [0.2, 0.25) is 5.91 Å². The fourth-order valence-corrected chi connectivity index (χ4v) is 2.05. The van der Waals surface area contributed by atoms with Crippen molar-refractivity contribution in [1.82, 2.24) is 10.2 Å². The van der Waals surface area contributed by atoms with Crippen LogP contribution in [0.5, 0.6) is 0 Å². The van der Waals surface area contributed by atoms with Crippen LogP contribution in [0.4, 0.5) is 10.5 Å². The molecule has 1 heterocycles. The number of nitrogens with one attached hydrogen (secondary N) is 2. The summed E-state index contributed by atoms with van der Waals surface area (Å²) in [6.45, 7) is 1.89. The lowest BCUT2D eigenvalue weighted by Crippen LogP contribution is -2.43. The van der Waals surface area contributed by atoms with Gasteiger partial charge in [-0.2, -0.15) is 0 Å². The summed E-state index contributed by atoms with van der Waals surface area (Å²) in [4.78, 5) is 47.3. The van der Waals surface area contributed by atoms with Crippen LogP contribution in [0.15, 0.2) is 24.3 Å². The number of nitrogens with zero attached hydrogens (tertiary/aromatic N) is 1. The predicted octanol–water partition coefficient (Wildman–Crippen LogP) is -0.433. The van der Waals surface area contributed by atoms with Gasteiger partial charge in [-0.1, -0.05) is 12.1 Å². The number of hydrogen-bond acceptors (Lipinski definition) is 6. The Morgan fingerprint density at radius 3 is 2.54 bits per heavy atom. The molecule has 9 nitrogen and oxygen atoms in total. The minimum Gasteiger partial charge on any atom is -0.464 e. The van der Waals surface area contributed by atoms with Gasteiger partial charge in [-0.15, -0.1) is 0 Å². The van der Waals surface area contributed by atoms with Gasteiger partial charge >= 0.3 is 12.0 Å². The van der Waals surface area contributed by atoms with Gasteiger partial charge in [0.15, 0.2) is 6.04 Å². The molecule has 1 aliphatic heterocycles. The zero-order valence-corrected chi connectivity index (χ0v) is 13.1. The van der Waals surface area contributed by atoms with Crippen LogP contribution >= 0.6 is 0 Å². The summed E-state index contributed by atoms with van der Waals surface area (Å²) in [5, 5.41) is 4.93. The van der Waals surface area contributed by atoms with Crippen LogP contribution in [-0.2, 0) is 25.7 Å². The largest absolute Gasteiger partial charge is 0.464 e. The van der Waals surface area contributed by atoms with Gasteiger partial charge < -0.3 is 21.1 Å². The lowest BCUT2D eigenvalue weighted by Gasteiger charge is -2.14. The average Bonchev–Trinajstić information content (AvgIpc) is 2.88. The van der Waals surface area contributed by atoms with E-state index in [1.165, 1.54) is 0 Å². The SMILES string of the molecule is CCOC(=O)C(N)C(=O)Nc1ccc(CN2C(=O)CNC2=O)cc1. The minimum atomic E-state index is -1.41. The van der Waals surface area contributed by atoms with Crippen molar-refractivity contribution in [1.29, 1.82) is 0 Å². The van der Waals surface area contributed by atoms with Crippen LogP contribution < -0.4 is 16.4 Å². The number of rotatable bonds is 6. The summed E-state index contributed by atoms with van der Waals surface area (Å²) in [6, 6.07) is 4.65. The molecule has 1 unspecified atom stereocenters. The van der Waals surface area contributed by atoms with Crippen molar-refractivity contribution in [2.75, 3.05) is 18.5 Å². The Labute approximate surface area is 138 Å². The van der Waals surface area contributed by atoms with Crippen LogP contribution in [0.1, 0.15) is 12.5 Å². The molecule has 0 aromatic heterocycles. The first-order valence-electron chi connectivity index (χ1n) is 7.32. The summed E-state index contributed by atoms with van der Waals surface area (Å²) in [7, 11) is 0. The number of carbonyl (C=O) groups excluding carboxylic acids is 4. The van der Waals surface area contributed by atoms with E-state index in [9.17, 15) is 19.2 Å². The molecule has 0 saturated carbocycles. The molecule has 1 saturated heterocycles. The number of urea groups is 1. The number of nitrogens with two attached hydrogens (primary N) is 1. The maximum Gasteiger partial charge on any atom is 0.332 e. The molecule has 2 rings (SSSR count). The van der Waals surface area contributed by atoms with E-state index in [1.807, 2.05) is 0 Å². The molecule has 1 atom stereocenters. The number of anilines is 1. The van der Waals surface area contributed by atoms with E-state index < -0.39 is 23.9 Å². The zero-order chi connectivity index (χ0) is 17.7. The van der Waals surface area contributed by atoms with Crippen molar-refractivity contribution < 1.29 is 23.9 Å². The molecular formula is C15H18N4O5. The molecular weight excluding hydrogens is 316 g/mol. The van der Waals surface area contributed by atoms with Crippen LogP contribution in [0, 0.1) is 0 Å². The molecule has 0 radical (unpaired) electrons. The second kappa shape index (κ2) is 7.55. The number of carbonyl (C=O) groups is 4. The third kappa shape index (κ3) is 4.07. The van der Waals surface area contributed by atoms with Gasteiger partial charge in [0.05, 0.1) is 19.7 Å². The molecule has 9 heteroatoms. The lowest BCUT2D eigenvalue weighted by atomic mass is 10.2. The smallest absolute Gasteiger partial charge is 0.332 e. The Balaban J connectivity index is 1.94. The fraction of sp³-hybridized carbons (Fsp3) is 0.333. The molecule has 4 amide bonds. The van der Waals surface area contributed by atoms with Gasteiger partial charge in [0, 0.05) is 5.69 Å². The van der Waals surface area contributed by atoms with E-state index in [4.69, 9.17) is 5.73 Å². The van der Waals surface area contributed by atoms with Crippen molar-refractivity contribution in [3.8, 4) is 0 Å². The second-order valence-corrected chi connectivity index (χ2v) is 5.05. The number of amides is 4. The number of esters is 1. The molecule has 1 aromatic carbocycles. The van der Waals surface area contributed by atoms with Crippen LogP contribution in [0.3, 0.4) is 0 Å². The second-order valence-electron chi connectivity index (χ2n) is 5.05. The molecule has 1 aromatic rings. The number of hydrogen-bond donors (Lipinski definition) is 3. The van der Waals surface area contributed by atoms with E-state index >= 15 is 0 Å². The molecule has 128 valence electrons. The van der Waals surface area contributed by atoms with Gasteiger partial charge in [-0.25, -0.2) is 9.59 Å². The van der Waals surface area contributed by atoms with Crippen LogP contribution in [-0.4, -0.2) is 47.9 Å². The summed E-state index contributed by atoms with van der Waals surface area (Å²) in [5.41, 5.74) is 6.64. The summed E-state index contributed by atoms with van der Waals surface area (Å²) < 4.78 is 4.68. The highest BCUT2D eigenvalue weighted by Gasteiger charge is 2.28. The maximum atomic E-state index is 11.8. The Morgan fingerprint density at radius 2 is 2.00 bits per heavy atom. The van der Waals surface area contributed by atoms with E-state index in [2.05, 4.69) is 15.4 Å². The maximum absolute atomic E-state index is 11.8. The Morgan fingerprint density at radius 1 is 1.33 bits per heavy atom. The topological polar surface area (TPSA) is 131 Å². The van der Waals surface area contributed by atoms with Crippen LogP contribution in [0.2, 0.25) is 0 Å². The zero-order valence-electron chi connectivity index (χ0n) is 13.1. The van der Waals surface area contributed by atoms with Gasteiger partial charge in [-0.3, -0.25) is 14.5 Å². The van der Waals surface area contributed by atoms with Crippen molar-refractivity contribution in [3.63, 3.8) is 0 Å². The highest BCUT2D eigenvalue weighted by atomic mass is 16.5. The van der Waals surface area contributed by atoms with E-state index in [0.29, 0.717) is 11.3 Å². The van der Waals surface area contributed by atoms with Gasteiger partial charge in [0.1, 0.15) is 0 Å². The van der Waals surface area contributed by atoms with E-state index in [1.54, 1.807) is 31.2 Å². The first-order chi connectivity index (χ1) is 11.4. The molecule has 4 N–H and O–H groups in total. The van der Waals surface area contributed by atoms with E-state index in [-0.39, 0.29) is 25.6 Å². The molecule has 0 aliphatic carbocycles. The van der Waals surface area contributed by atoms with Gasteiger partial charge in [-0.05, 0) is 24.6 Å². The normalized spacial score (nSPS) is 15.0. The average molecular weight is 334 g/mol. The molecule has 24 heavy (non-hydrogen) atoms. The lowest BCUT2D eigenvalue weighted by molar-refractivity contribution is -0.147. The van der Waals surface area contributed by atoms with Gasteiger partial charge in [0.25, 0.3) is 5.91 Å². The molecule has 1 aliphatic rings. The van der Waals surface area contributed by atoms with Crippen molar-refractivity contribution in [2.24, 2.45) is 5.73 Å². The van der Waals surface area contributed by atoms with Crippen molar-refractivity contribution >= 4 is 29.5 Å². The van der Waals surface area contributed by atoms with Crippen LogP contribution in [0.25, 0.3) is 0 Å². The van der Waals surface area contributed by atoms with Crippen molar-refractivity contribution in [2.45, 2.75) is 19.5 Å². The number of imide groups is 1. The number of ether oxygens (including phenoxy) is 1. The third-order valence-corrected chi connectivity index (χ3v) is 3.32. The highest BCUT2D eigenvalue weighted by molar-refractivity contribution is 6.08. The quantitative estimate of drug-likeness (QED) is 0.367. The number of benzene rings is 1. The predicted molar refractivity (Wildman–Crippen MR) is 83.6 cm³/mol. The molecule has 0 spiro atoms. The Hall–Kier alpha value is -2.94. The fourth-order valence-electron chi connectivity index (χ4n) is 2.05. The van der Waals surface area contributed by atoms with E-state index in [0.717, 1.165) is 4.90 Å². The Bertz CT molecular complexity index is 642. The van der Waals surface area contributed by atoms with Crippen molar-refractivity contribution in [3.05, 3.63) is 29.8 Å². The highest BCUT2D eigenvalue weighted by Crippen LogP contribution is 2.13. The first-order valence-corrected chi connectivity index (χ1v) is 7.32. The Kier molecular flexibility index (Phi) is 5.48.